The average molecular weight is 270 g/mol. The van der Waals surface area contributed by atoms with Crippen molar-refractivity contribution < 1.29 is 18.5 Å². The zero-order chi connectivity index (χ0) is 12.6. The minimum Gasteiger partial charge on any atom is -0.275 e. The van der Waals surface area contributed by atoms with Crippen LogP contribution in [0, 0.1) is 28.7 Å². The molecule has 0 unspecified atom stereocenters. The smallest absolute Gasteiger partial charge is 0.275 e. The Morgan fingerprint density at radius 3 is 2.25 bits per heavy atom. The van der Waals surface area contributed by atoms with Crippen LogP contribution in [0.3, 0.4) is 0 Å². The molecule has 1 aromatic carbocycles. The van der Waals surface area contributed by atoms with E-state index in [2.05, 4.69) is 0 Å². The summed E-state index contributed by atoms with van der Waals surface area (Å²) in [6.45, 7) is 1.08. The van der Waals surface area contributed by atoms with E-state index in [0.29, 0.717) is 0 Å². The summed E-state index contributed by atoms with van der Waals surface area (Å²) in [7, 11) is 0. The van der Waals surface area contributed by atoms with Crippen LogP contribution in [0.25, 0.3) is 0 Å². The van der Waals surface area contributed by atoms with Gasteiger partial charge in [0.2, 0.25) is 5.82 Å². The molecule has 0 radical (unpaired) electrons. The fourth-order valence-corrected chi connectivity index (χ4v) is 1.61. The van der Waals surface area contributed by atoms with E-state index >= 15 is 0 Å². The van der Waals surface area contributed by atoms with Crippen LogP contribution < -0.4 is 0 Å². The molecular formula is C8H3Cl2F2NO3. The summed E-state index contributed by atoms with van der Waals surface area (Å²) in [4.78, 5) is 20.1. The SMILES string of the molecule is Cc1c(F)c(F)c([N+](=O)[O-])c(C(=O)Cl)c1Cl. The van der Waals surface area contributed by atoms with Crippen LogP contribution in [0.1, 0.15) is 15.9 Å². The third-order valence-corrected chi connectivity index (χ3v) is 2.56. The molecular weight excluding hydrogens is 267 g/mol. The van der Waals surface area contributed by atoms with Gasteiger partial charge in [-0.15, -0.1) is 0 Å². The van der Waals surface area contributed by atoms with Crippen molar-refractivity contribution in [3.63, 3.8) is 0 Å². The molecule has 0 saturated heterocycles. The maximum absolute atomic E-state index is 13.2. The van der Waals surface area contributed by atoms with Crippen molar-refractivity contribution in [2.45, 2.75) is 6.92 Å². The minimum absolute atomic E-state index is 0.409. The highest BCUT2D eigenvalue weighted by molar-refractivity contribution is 6.69. The van der Waals surface area contributed by atoms with Crippen molar-refractivity contribution in [1.29, 1.82) is 0 Å². The second-order valence-electron chi connectivity index (χ2n) is 2.82. The molecule has 0 bridgehead atoms. The zero-order valence-corrected chi connectivity index (χ0v) is 9.20. The van der Waals surface area contributed by atoms with E-state index in [9.17, 15) is 23.7 Å². The molecule has 8 heteroatoms. The second-order valence-corrected chi connectivity index (χ2v) is 3.54. The predicted octanol–water partition coefficient (Wildman–Crippen LogP) is 3.21. The van der Waals surface area contributed by atoms with Crippen molar-refractivity contribution >= 4 is 34.1 Å². The highest BCUT2D eigenvalue weighted by Crippen LogP contribution is 2.35. The molecule has 0 heterocycles. The van der Waals surface area contributed by atoms with Crippen LogP contribution in [0.5, 0.6) is 0 Å². The first-order chi connectivity index (χ1) is 7.29. The third kappa shape index (κ3) is 1.85. The molecule has 86 valence electrons. The number of nitro benzene ring substituents is 1. The van der Waals surface area contributed by atoms with Crippen molar-refractivity contribution in [3.05, 3.63) is 37.9 Å². The summed E-state index contributed by atoms with van der Waals surface area (Å²) in [5.41, 5.74) is -2.60. The van der Waals surface area contributed by atoms with Crippen LogP contribution in [-0.2, 0) is 0 Å². The van der Waals surface area contributed by atoms with Crippen LogP contribution >= 0.6 is 23.2 Å². The monoisotopic (exact) mass is 269 g/mol. The van der Waals surface area contributed by atoms with E-state index in [1.165, 1.54) is 0 Å². The Hall–Kier alpha value is -1.27. The van der Waals surface area contributed by atoms with Gasteiger partial charge < -0.3 is 0 Å². The fraction of sp³-hybridized carbons (Fsp3) is 0.125. The van der Waals surface area contributed by atoms with Gasteiger partial charge in [-0.2, -0.15) is 4.39 Å². The summed E-state index contributed by atoms with van der Waals surface area (Å²) in [5.74, 6) is -3.23. The van der Waals surface area contributed by atoms with Gasteiger partial charge in [-0.05, 0) is 18.5 Å². The number of rotatable bonds is 2. The number of benzene rings is 1. The van der Waals surface area contributed by atoms with Gasteiger partial charge in [-0.1, -0.05) is 11.6 Å². The Balaban J connectivity index is 3.83. The van der Waals surface area contributed by atoms with Gasteiger partial charge in [0.25, 0.3) is 5.24 Å². The lowest BCUT2D eigenvalue weighted by Crippen LogP contribution is -2.07. The molecule has 1 rings (SSSR count). The fourth-order valence-electron chi connectivity index (χ4n) is 1.12. The molecule has 0 aromatic heterocycles. The van der Waals surface area contributed by atoms with Crippen molar-refractivity contribution in [2.75, 3.05) is 0 Å². The summed E-state index contributed by atoms with van der Waals surface area (Å²) in [6.07, 6.45) is 0. The third-order valence-electron chi connectivity index (χ3n) is 1.89. The lowest BCUT2D eigenvalue weighted by molar-refractivity contribution is -0.388. The van der Waals surface area contributed by atoms with E-state index < -0.39 is 43.6 Å². The van der Waals surface area contributed by atoms with Crippen molar-refractivity contribution in [3.8, 4) is 0 Å². The number of nitro groups is 1. The summed E-state index contributed by atoms with van der Waals surface area (Å²) in [6, 6.07) is 0. The summed E-state index contributed by atoms with van der Waals surface area (Å²) >= 11 is 10.5. The Labute approximate surface area is 97.9 Å². The molecule has 0 spiro atoms. The van der Waals surface area contributed by atoms with E-state index in [0.717, 1.165) is 6.92 Å². The Morgan fingerprint density at radius 2 is 1.88 bits per heavy atom. The van der Waals surface area contributed by atoms with Crippen molar-refractivity contribution in [2.24, 2.45) is 0 Å². The van der Waals surface area contributed by atoms with Gasteiger partial charge in [0.05, 0.1) is 9.95 Å². The molecule has 0 aliphatic carbocycles. The van der Waals surface area contributed by atoms with Gasteiger partial charge in [-0.3, -0.25) is 14.9 Å². The number of carbonyl (C=O) groups is 1. The molecule has 4 nitrogen and oxygen atoms in total. The van der Waals surface area contributed by atoms with Gasteiger partial charge in [0, 0.05) is 5.56 Å². The van der Waals surface area contributed by atoms with E-state index in [1.54, 1.807) is 0 Å². The molecule has 0 N–H and O–H groups in total. The second kappa shape index (κ2) is 4.31. The molecule has 0 amide bonds. The Morgan fingerprint density at radius 1 is 1.38 bits per heavy atom. The normalized spacial score (nSPS) is 10.3. The molecule has 1 aromatic rings. The lowest BCUT2D eigenvalue weighted by Gasteiger charge is -2.06. The molecule has 0 aliphatic rings. The zero-order valence-electron chi connectivity index (χ0n) is 7.68. The first-order valence-corrected chi connectivity index (χ1v) is 4.55. The van der Waals surface area contributed by atoms with E-state index in [4.69, 9.17) is 23.2 Å². The number of nitrogens with zero attached hydrogens (tertiary/aromatic N) is 1. The Bertz CT molecular complexity index is 460. The van der Waals surface area contributed by atoms with Crippen molar-refractivity contribution in [1.82, 2.24) is 0 Å². The first-order valence-electron chi connectivity index (χ1n) is 3.80. The van der Waals surface area contributed by atoms with Crippen LogP contribution in [0.15, 0.2) is 0 Å². The molecule has 0 saturated carbocycles. The number of carbonyl (C=O) groups excluding carboxylic acids is 1. The lowest BCUT2D eigenvalue weighted by atomic mass is 10.1. The highest BCUT2D eigenvalue weighted by Gasteiger charge is 2.32. The quantitative estimate of drug-likeness (QED) is 0.359. The summed E-state index contributed by atoms with van der Waals surface area (Å²) < 4.78 is 26.4. The van der Waals surface area contributed by atoms with Gasteiger partial charge >= 0.3 is 5.69 Å². The van der Waals surface area contributed by atoms with E-state index in [1.807, 2.05) is 0 Å². The van der Waals surface area contributed by atoms with Gasteiger partial charge in [0.1, 0.15) is 5.56 Å². The standard InChI is InChI=1S/C8H3Cl2F2NO3/c1-2-4(9)3(8(10)14)7(13(15)16)6(12)5(2)11/h1H3. The minimum atomic E-state index is -1.75. The molecule has 0 atom stereocenters. The van der Waals surface area contributed by atoms with Gasteiger partial charge in [-0.25, -0.2) is 4.39 Å². The molecule has 0 aliphatic heterocycles. The largest absolute Gasteiger partial charge is 0.321 e. The number of halogens is 4. The van der Waals surface area contributed by atoms with Crippen LogP contribution in [-0.4, -0.2) is 10.2 Å². The maximum Gasteiger partial charge on any atom is 0.321 e. The topological polar surface area (TPSA) is 60.2 Å². The summed E-state index contributed by atoms with van der Waals surface area (Å²) in [5, 5.41) is 8.61. The molecule has 16 heavy (non-hydrogen) atoms. The van der Waals surface area contributed by atoms with E-state index in [-0.39, 0.29) is 0 Å². The van der Waals surface area contributed by atoms with Gasteiger partial charge in [0.15, 0.2) is 5.82 Å². The first kappa shape index (κ1) is 12.8. The predicted molar refractivity (Wildman–Crippen MR) is 52.9 cm³/mol. The number of hydrogen-bond donors (Lipinski definition) is 0. The van der Waals surface area contributed by atoms with Crippen LogP contribution in [0.4, 0.5) is 14.5 Å². The van der Waals surface area contributed by atoms with Crippen LogP contribution in [0.2, 0.25) is 5.02 Å². The molecule has 0 fully saturated rings. The average Bonchev–Trinajstić information content (AvgIpc) is 2.18. The highest BCUT2D eigenvalue weighted by atomic mass is 35.5. The number of hydrogen-bond acceptors (Lipinski definition) is 3. The Kier molecular flexibility index (Phi) is 3.44. The maximum atomic E-state index is 13.2.